The number of pyridine rings is 1. The number of benzene rings is 2. The van der Waals surface area contributed by atoms with E-state index in [9.17, 15) is 17.6 Å². The molecule has 4 aromatic rings. The van der Waals surface area contributed by atoms with E-state index in [1.807, 2.05) is 0 Å². The van der Waals surface area contributed by atoms with Crippen LogP contribution in [0.4, 0.5) is 4.39 Å². The summed E-state index contributed by atoms with van der Waals surface area (Å²) in [6.07, 6.45) is 5.02. The van der Waals surface area contributed by atoms with E-state index in [4.69, 9.17) is 0 Å². The molecule has 0 saturated heterocycles. The lowest BCUT2D eigenvalue weighted by Gasteiger charge is -2.09. The summed E-state index contributed by atoms with van der Waals surface area (Å²) >= 11 is 0. The highest BCUT2D eigenvalue weighted by atomic mass is 32.2. The monoisotopic (exact) mass is 449 g/mol. The zero-order valence-corrected chi connectivity index (χ0v) is 17.8. The van der Waals surface area contributed by atoms with Gasteiger partial charge in [-0.1, -0.05) is 18.2 Å². The number of halogens is 1. The summed E-state index contributed by atoms with van der Waals surface area (Å²) < 4.78 is 42.4. The Morgan fingerprint density at radius 3 is 2.50 bits per heavy atom. The number of amides is 1. The van der Waals surface area contributed by atoms with Gasteiger partial charge in [0.05, 0.1) is 10.4 Å². The number of hydrogen-bond acceptors (Lipinski definition) is 4. The van der Waals surface area contributed by atoms with Gasteiger partial charge in [-0.05, 0) is 61.2 Å². The fraction of sp³-hybridized carbons (Fsp3) is 0.167. The molecule has 1 aliphatic rings. The number of para-hydroxylation sites is 1. The number of nitrogens with one attached hydrogen (secondary N) is 1. The first-order valence-electron chi connectivity index (χ1n) is 10.3. The lowest BCUT2D eigenvalue weighted by Crippen LogP contribution is -2.25. The smallest absolute Gasteiger partial charge is 0.268 e. The Kier molecular flexibility index (Phi) is 5.01. The van der Waals surface area contributed by atoms with Crippen molar-refractivity contribution in [3.05, 3.63) is 84.6 Å². The minimum Gasteiger partial charge on any atom is -0.352 e. The molecule has 2 aromatic carbocycles. The molecule has 6 nitrogen and oxygen atoms in total. The van der Waals surface area contributed by atoms with E-state index in [1.54, 1.807) is 36.4 Å². The third-order valence-corrected chi connectivity index (χ3v) is 7.34. The number of carbonyl (C=O) groups is 1. The van der Waals surface area contributed by atoms with E-state index in [0.717, 1.165) is 16.8 Å². The molecule has 1 aliphatic carbocycles. The quantitative estimate of drug-likeness (QED) is 0.447. The average Bonchev–Trinajstić information content (AvgIpc) is 3.56. The van der Waals surface area contributed by atoms with Crippen molar-refractivity contribution in [1.29, 1.82) is 0 Å². The van der Waals surface area contributed by atoms with Gasteiger partial charge in [0.25, 0.3) is 15.9 Å². The van der Waals surface area contributed by atoms with E-state index in [1.165, 1.54) is 36.7 Å². The van der Waals surface area contributed by atoms with Crippen molar-refractivity contribution in [1.82, 2.24) is 14.3 Å². The Morgan fingerprint density at radius 2 is 1.78 bits per heavy atom. The average molecular weight is 450 g/mol. The maximum atomic E-state index is 14.4. The lowest BCUT2D eigenvalue weighted by atomic mass is 10.1. The van der Waals surface area contributed by atoms with Crippen LogP contribution in [0, 0.1) is 11.9 Å². The second kappa shape index (κ2) is 7.87. The van der Waals surface area contributed by atoms with Gasteiger partial charge in [0, 0.05) is 41.0 Å². The standard InChI is InChI=1S/C24H20FN3O3S/c25-23-20(5-3-13-26-23)21-15-28(22-6-2-1-4-19(21)22)32(30,31)18-11-9-17(10-12-18)24(29)27-14-16-7-8-16/h1-6,9-13,15-16H,7-8,14H2,(H,27,29). The summed E-state index contributed by atoms with van der Waals surface area (Å²) in [5, 5.41) is 3.46. The van der Waals surface area contributed by atoms with Crippen molar-refractivity contribution in [3.8, 4) is 11.1 Å². The normalized spacial score (nSPS) is 13.9. The van der Waals surface area contributed by atoms with E-state index in [-0.39, 0.29) is 16.4 Å². The van der Waals surface area contributed by atoms with Gasteiger partial charge < -0.3 is 5.32 Å². The van der Waals surface area contributed by atoms with Gasteiger partial charge in [-0.3, -0.25) is 4.79 Å². The van der Waals surface area contributed by atoms with Crippen molar-refractivity contribution in [3.63, 3.8) is 0 Å². The van der Waals surface area contributed by atoms with E-state index in [0.29, 0.717) is 34.5 Å². The van der Waals surface area contributed by atoms with Crippen LogP contribution in [0.15, 0.2) is 78.0 Å². The molecular weight excluding hydrogens is 429 g/mol. The van der Waals surface area contributed by atoms with Gasteiger partial charge in [0.15, 0.2) is 0 Å². The summed E-state index contributed by atoms with van der Waals surface area (Å²) in [5.41, 5.74) is 1.49. The molecule has 162 valence electrons. The zero-order valence-electron chi connectivity index (χ0n) is 17.0. The fourth-order valence-corrected chi connectivity index (χ4v) is 5.07. The van der Waals surface area contributed by atoms with Crippen molar-refractivity contribution in [2.45, 2.75) is 17.7 Å². The third-order valence-electron chi connectivity index (χ3n) is 5.65. The van der Waals surface area contributed by atoms with Crippen LogP contribution in [-0.2, 0) is 10.0 Å². The summed E-state index contributed by atoms with van der Waals surface area (Å²) in [7, 11) is -3.98. The molecule has 8 heteroatoms. The lowest BCUT2D eigenvalue weighted by molar-refractivity contribution is 0.0951. The Labute approximate surface area is 184 Å². The Bertz CT molecular complexity index is 1420. The SMILES string of the molecule is O=C(NCC1CC1)c1ccc(S(=O)(=O)n2cc(-c3cccnc3F)c3ccccc32)cc1. The number of rotatable bonds is 6. The highest BCUT2D eigenvalue weighted by molar-refractivity contribution is 7.90. The largest absolute Gasteiger partial charge is 0.352 e. The fourth-order valence-electron chi connectivity index (χ4n) is 3.70. The van der Waals surface area contributed by atoms with Crippen LogP contribution < -0.4 is 5.32 Å². The number of fused-ring (bicyclic) bond motifs is 1. The molecule has 32 heavy (non-hydrogen) atoms. The first-order valence-corrected chi connectivity index (χ1v) is 11.7. The van der Waals surface area contributed by atoms with Crippen LogP contribution in [0.5, 0.6) is 0 Å². The summed E-state index contributed by atoms with van der Waals surface area (Å²) in [6, 6.07) is 15.9. The molecule has 0 radical (unpaired) electrons. The van der Waals surface area contributed by atoms with Gasteiger partial charge in [-0.15, -0.1) is 0 Å². The highest BCUT2D eigenvalue weighted by Gasteiger charge is 2.24. The number of hydrogen-bond donors (Lipinski definition) is 1. The van der Waals surface area contributed by atoms with Crippen molar-refractivity contribution in [2.75, 3.05) is 6.54 Å². The molecule has 0 unspecified atom stereocenters. The molecule has 0 atom stereocenters. The van der Waals surface area contributed by atoms with E-state index < -0.39 is 16.0 Å². The minimum absolute atomic E-state index is 0.0372. The summed E-state index contributed by atoms with van der Waals surface area (Å²) in [6.45, 7) is 0.641. The van der Waals surface area contributed by atoms with Crippen molar-refractivity contribution >= 4 is 26.8 Å². The van der Waals surface area contributed by atoms with Crippen LogP contribution in [-0.4, -0.2) is 29.8 Å². The van der Waals surface area contributed by atoms with Crippen LogP contribution in [0.1, 0.15) is 23.2 Å². The highest BCUT2D eigenvalue weighted by Crippen LogP contribution is 2.34. The predicted octanol–water partition coefficient (Wildman–Crippen LogP) is 4.22. The molecule has 0 spiro atoms. The topological polar surface area (TPSA) is 81.1 Å². The maximum Gasteiger partial charge on any atom is 0.268 e. The first-order chi connectivity index (χ1) is 15.4. The number of aromatic nitrogens is 2. The molecule has 0 bridgehead atoms. The predicted molar refractivity (Wildman–Crippen MR) is 119 cm³/mol. The summed E-state index contributed by atoms with van der Waals surface area (Å²) in [5.74, 6) is -0.338. The van der Waals surface area contributed by atoms with Crippen LogP contribution in [0.2, 0.25) is 0 Å². The molecule has 1 N–H and O–H groups in total. The number of nitrogens with zero attached hydrogens (tertiary/aromatic N) is 2. The molecule has 1 amide bonds. The second-order valence-electron chi connectivity index (χ2n) is 7.88. The van der Waals surface area contributed by atoms with Crippen molar-refractivity contribution in [2.24, 2.45) is 5.92 Å². The Morgan fingerprint density at radius 1 is 1.03 bits per heavy atom. The van der Waals surface area contributed by atoms with Gasteiger partial charge in [0.2, 0.25) is 5.95 Å². The maximum absolute atomic E-state index is 14.4. The van der Waals surface area contributed by atoms with Crippen LogP contribution in [0.25, 0.3) is 22.0 Å². The number of carbonyl (C=O) groups excluding carboxylic acids is 1. The molecule has 0 aliphatic heterocycles. The summed E-state index contributed by atoms with van der Waals surface area (Å²) in [4.78, 5) is 16.0. The Balaban J connectivity index is 1.53. The molecule has 5 rings (SSSR count). The molecule has 2 aromatic heterocycles. The third kappa shape index (κ3) is 3.67. The Hall–Kier alpha value is -3.52. The second-order valence-corrected chi connectivity index (χ2v) is 9.70. The molecule has 1 fully saturated rings. The molecular formula is C24H20FN3O3S. The van der Waals surface area contributed by atoms with Gasteiger partial charge in [0.1, 0.15) is 0 Å². The van der Waals surface area contributed by atoms with Crippen molar-refractivity contribution < 1.29 is 17.6 Å². The van der Waals surface area contributed by atoms with Gasteiger partial charge in [-0.25, -0.2) is 17.4 Å². The van der Waals surface area contributed by atoms with E-state index >= 15 is 0 Å². The van der Waals surface area contributed by atoms with Gasteiger partial charge >= 0.3 is 0 Å². The van der Waals surface area contributed by atoms with Crippen LogP contribution >= 0.6 is 0 Å². The van der Waals surface area contributed by atoms with Gasteiger partial charge in [-0.2, -0.15) is 4.39 Å². The van der Waals surface area contributed by atoms with E-state index in [2.05, 4.69) is 10.3 Å². The molecule has 1 saturated carbocycles. The first kappa shape index (κ1) is 20.4. The van der Waals surface area contributed by atoms with Crippen LogP contribution in [0.3, 0.4) is 0 Å². The zero-order chi connectivity index (χ0) is 22.3. The molecule has 2 heterocycles. The minimum atomic E-state index is -3.98.